The van der Waals surface area contributed by atoms with Gasteiger partial charge in [-0.25, -0.2) is 0 Å². The van der Waals surface area contributed by atoms with Crippen LogP contribution in [0.4, 0.5) is 0 Å². The molecule has 18 heavy (non-hydrogen) atoms. The second kappa shape index (κ2) is 6.70. The number of hydrogen-bond acceptors (Lipinski definition) is 4. The summed E-state index contributed by atoms with van der Waals surface area (Å²) in [4.78, 5) is 27.2. The van der Waals surface area contributed by atoms with Crippen molar-refractivity contribution in [3.8, 4) is 0 Å². The van der Waals surface area contributed by atoms with Crippen LogP contribution in [0, 0.1) is 0 Å². The third-order valence-corrected chi connectivity index (χ3v) is 2.38. The van der Waals surface area contributed by atoms with E-state index in [9.17, 15) is 9.59 Å². The minimum Gasteiger partial charge on any atom is -0.355 e. The topological polar surface area (TPSA) is 97.1 Å². The van der Waals surface area contributed by atoms with Gasteiger partial charge in [-0.15, -0.1) is 0 Å². The zero-order valence-electron chi connectivity index (χ0n) is 10.6. The molecule has 0 spiro atoms. The van der Waals surface area contributed by atoms with E-state index in [0.29, 0.717) is 13.1 Å². The highest BCUT2D eigenvalue weighted by Gasteiger charge is 2.16. The summed E-state index contributed by atoms with van der Waals surface area (Å²) < 4.78 is 0. The van der Waals surface area contributed by atoms with E-state index in [4.69, 9.17) is 5.73 Å². The normalized spacial score (nSPS) is 11.7. The molecular weight excluding hydrogens is 232 g/mol. The fourth-order valence-corrected chi connectivity index (χ4v) is 1.34. The minimum absolute atomic E-state index is 0.218. The van der Waals surface area contributed by atoms with Crippen LogP contribution < -0.4 is 16.4 Å². The first-order chi connectivity index (χ1) is 8.58. The summed E-state index contributed by atoms with van der Waals surface area (Å²) in [6, 6.07) is 2.73. The van der Waals surface area contributed by atoms with Crippen molar-refractivity contribution in [3.63, 3.8) is 0 Å². The van der Waals surface area contributed by atoms with Crippen molar-refractivity contribution < 1.29 is 9.59 Å². The summed E-state index contributed by atoms with van der Waals surface area (Å²) in [6.45, 7) is 4.35. The first kappa shape index (κ1) is 14.1. The monoisotopic (exact) mass is 250 g/mol. The fourth-order valence-electron chi connectivity index (χ4n) is 1.34. The van der Waals surface area contributed by atoms with Crippen LogP contribution in [0.25, 0.3) is 0 Å². The van der Waals surface area contributed by atoms with Gasteiger partial charge in [0.1, 0.15) is 11.7 Å². The second-order valence-corrected chi connectivity index (χ2v) is 3.85. The number of amides is 2. The maximum atomic E-state index is 11.8. The highest BCUT2D eigenvalue weighted by molar-refractivity contribution is 5.95. The highest BCUT2D eigenvalue weighted by Crippen LogP contribution is 1.99. The molecule has 1 heterocycles. The van der Waals surface area contributed by atoms with Gasteiger partial charge < -0.3 is 16.4 Å². The summed E-state index contributed by atoms with van der Waals surface area (Å²) in [5, 5.41) is 5.20. The van der Waals surface area contributed by atoms with E-state index in [1.165, 1.54) is 0 Å². The molecule has 0 aliphatic rings. The Hall–Kier alpha value is -1.95. The Morgan fingerprint density at radius 1 is 1.44 bits per heavy atom. The number of carbonyl (C=O) groups is 2. The molecule has 0 saturated carbocycles. The largest absolute Gasteiger partial charge is 0.355 e. The number of nitrogens with zero attached hydrogens (tertiary/aromatic N) is 1. The Balaban J connectivity index is 2.61. The molecule has 0 saturated heterocycles. The predicted molar refractivity (Wildman–Crippen MR) is 67.7 cm³/mol. The zero-order chi connectivity index (χ0) is 13.5. The molecule has 1 aromatic heterocycles. The fraction of sp³-hybridized carbons (Fsp3) is 0.417. The lowest BCUT2D eigenvalue weighted by Gasteiger charge is -2.12. The molecule has 2 amide bonds. The highest BCUT2D eigenvalue weighted by atomic mass is 16.2. The van der Waals surface area contributed by atoms with Gasteiger partial charge in [0.2, 0.25) is 5.91 Å². The first-order valence-corrected chi connectivity index (χ1v) is 5.82. The van der Waals surface area contributed by atoms with Crippen molar-refractivity contribution in [1.29, 1.82) is 0 Å². The molecule has 0 aliphatic heterocycles. The summed E-state index contributed by atoms with van der Waals surface area (Å²) in [7, 11) is 0. The SMILES string of the molecule is CCNC(=O)C(C)NC(=O)c1ccc(CN)cn1. The predicted octanol–water partition coefficient (Wildman–Crippen LogP) is -0.205. The van der Waals surface area contributed by atoms with E-state index in [-0.39, 0.29) is 17.5 Å². The lowest BCUT2D eigenvalue weighted by atomic mass is 10.2. The van der Waals surface area contributed by atoms with Crippen LogP contribution in [-0.4, -0.2) is 29.4 Å². The molecule has 1 aromatic rings. The van der Waals surface area contributed by atoms with Crippen molar-refractivity contribution in [3.05, 3.63) is 29.6 Å². The Labute approximate surface area is 106 Å². The van der Waals surface area contributed by atoms with E-state index in [0.717, 1.165) is 5.56 Å². The molecule has 1 rings (SSSR count). The van der Waals surface area contributed by atoms with Gasteiger partial charge in [-0.3, -0.25) is 14.6 Å². The number of hydrogen-bond donors (Lipinski definition) is 3. The molecule has 0 aliphatic carbocycles. The summed E-state index contributed by atoms with van der Waals surface area (Å²) in [5.41, 5.74) is 6.55. The Morgan fingerprint density at radius 3 is 2.67 bits per heavy atom. The van der Waals surface area contributed by atoms with Crippen molar-refractivity contribution >= 4 is 11.8 Å². The number of pyridine rings is 1. The van der Waals surface area contributed by atoms with Crippen LogP contribution >= 0.6 is 0 Å². The Morgan fingerprint density at radius 2 is 2.17 bits per heavy atom. The van der Waals surface area contributed by atoms with Crippen LogP contribution in [-0.2, 0) is 11.3 Å². The van der Waals surface area contributed by atoms with Gasteiger partial charge in [0.25, 0.3) is 5.91 Å². The van der Waals surface area contributed by atoms with Gasteiger partial charge in [-0.05, 0) is 25.5 Å². The van der Waals surface area contributed by atoms with Crippen LogP contribution in [0.2, 0.25) is 0 Å². The number of carbonyl (C=O) groups excluding carboxylic acids is 2. The van der Waals surface area contributed by atoms with Crippen LogP contribution in [0.5, 0.6) is 0 Å². The van der Waals surface area contributed by atoms with Crippen molar-refractivity contribution in [2.75, 3.05) is 6.54 Å². The molecule has 0 fully saturated rings. The summed E-state index contributed by atoms with van der Waals surface area (Å²) in [5.74, 6) is -0.596. The average molecular weight is 250 g/mol. The third kappa shape index (κ3) is 3.81. The van der Waals surface area contributed by atoms with E-state index < -0.39 is 6.04 Å². The van der Waals surface area contributed by atoms with Crippen molar-refractivity contribution in [2.45, 2.75) is 26.4 Å². The molecule has 0 radical (unpaired) electrons. The lowest BCUT2D eigenvalue weighted by molar-refractivity contribution is -0.122. The standard InChI is InChI=1S/C12H18N4O2/c1-3-14-11(17)8(2)16-12(18)10-5-4-9(6-13)7-15-10/h4-5,7-8H,3,6,13H2,1-2H3,(H,14,17)(H,16,18). The smallest absolute Gasteiger partial charge is 0.270 e. The maximum Gasteiger partial charge on any atom is 0.270 e. The number of likely N-dealkylation sites (N-methyl/N-ethyl adjacent to an activating group) is 1. The van der Waals surface area contributed by atoms with Gasteiger partial charge in [0, 0.05) is 19.3 Å². The molecule has 4 N–H and O–H groups in total. The third-order valence-electron chi connectivity index (χ3n) is 2.38. The number of rotatable bonds is 5. The van der Waals surface area contributed by atoms with Gasteiger partial charge >= 0.3 is 0 Å². The summed E-state index contributed by atoms with van der Waals surface area (Å²) >= 11 is 0. The van der Waals surface area contributed by atoms with Gasteiger partial charge in [0.05, 0.1) is 0 Å². The Kier molecular flexibility index (Phi) is 5.26. The molecule has 0 bridgehead atoms. The van der Waals surface area contributed by atoms with E-state index in [1.54, 1.807) is 25.3 Å². The number of nitrogens with two attached hydrogens (primary N) is 1. The second-order valence-electron chi connectivity index (χ2n) is 3.85. The quantitative estimate of drug-likeness (QED) is 0.674. The number of nitrogens with one attached hydrogen (secondary N) is 2. The minimum atomic E-state index is -0.589. The van der Waals surface area contributed by atoms with Gasteiger partial charge in [0.15, 0.2) is 0 Å². The van der Waals surface area contributed by atoms with Crippen molar-refractivity contribution in [1.82, 2.24) is 15.6 Å². The number of aromatic nitrogens is 1. The van der Waals surface area contributed by atoms with Gasteiger partial charge in [-0.1, -0.05) is 6.07 Å². The van der Waals surface area contributed by atoms with E-state index >= 15 is 0 Å². The molecule has 0 aromatic carbocycles. The zero-order valence-corrected chi connectivity index (χ0v) is 10.6. The van der Waals surface area contributed by atoms with Crippen LogP contribution in [0.1, 0.15) is 29.9 Å². The molecule has 1 atom stereocenters. The summed E-state index contributed by atoms with van der Waals surface area (Å²) in [6.07, 6.45) is 1.55. The molecule has 98 valence electrons. The van der Waals surface area contributed by atoms with Crippen LogP contribution in [0.15, 0.2) is 18.3 Å². The average Bonchev–Trinajstić information content (AvgIpc) is 2.39. The molecule has 6 heteroatoms. The maximum absolute atomic E-state index is 11.8. The van der Waals surface area contributed by atoms with Crippen molar-refractivity contribution in [2.24, 2.45) is 5.73 Å². The molecular formula is C12H18N4O2. The molecule has 6 nitrogen and oxygen atoms in total. The van der Waals surface area contributed by atoms with E-state index in [1.807, 2.05) is 6.92 Å². The lowest BCUT2D eigenvalue weighted by Crippen LogP contribution is -2.44. The Bertz CT molecular complexity index is 417. The van der Waals surface area contributed by atoms with Gasteiger partial charge in [-0.2, -0.15) is 0 Å². The van der Waals surface area contributed by atoms with E-state index in [2.05, 4.69) is 15.6 Å². The molecule has 1 unspecified atom stereocenters. The van der Waals surface area contributed by atoms with Crippen LogP contribution in [0.3, 0.4) is 0 Å². The first-order valence-electron chi connectivity index (χ1n) is 5.82.